The maximum Gasteiger partial charge on any atom is 0.336 e. The summed E-state index contributed by atoms with van der Waals surface area (Å²) in [7, 11) is 0. The van der Waals surface area contributed by atoms with Crippen molar-refractivity contribution < 1.29 is 15.0 Å². The number of hydrogen-bond acceptors (Lipinski definition) is 3. The van der Waals surface area contributed by atoms with Crippen molar-refractivity contribution in [2.75, 3.05) is 0 Å². The fourth-order valence-corrected chi connectivity index (χ4v) is 1.43. The van der Waals surface area contributed by atoms with Crippen molar-refractivity contribution in [1.82, 2.24) is 4.90 Å². The highest BCUT2D eigenvalue weighted by atomic mass is 16.4. The standard InChI is InChI=1S/C10H9NO3/c12-9-8(10(13)14)5-4-7-3-1-2-6-11(7)9/h1-6,9,12H,(H,13,14). The van der Waals surface area contributed by atoms with Gasteiger partial charge in [-0.25, -0.2) is 4.79 Å². The maximum atomic E-state index is 10.7. The molecule has 2 rings (SSSR count). The van der Waals surface area contributed by atoms with Gasteiger partial charge in [-0.1, -0.05) is 6.08 Å². The molecule has 14 heavy (non-hydrogen) atoms. The summed E-state index contributed by atoms with van der Waals surface area (Å²) in [5.74, 6) is -1.10. The van der Waals surface area contributed by atoms with Crippen molar-refractivity contribution in [3.05, 3.63) is 47.9 Å². The molecule has 0 aromatic heterocycles. The number of carbonyl (C=O) groups is 1. The molecule has 0 radical (unpaired) electrons. The van der Waals surface area contributed by atoms with Gasteiger partial charge < -0.3 is 15.1 Å². The summed E-state index contributed by atoms with van der Waals surface area (Å²) in [5, 5.41) is 18.5. The van der Waals surface area contributed by atoms with Gasteiger partial charge in [0.2, 0.25) is 0 Å². The van der Waals surface area contributed by atoms with Gasteiger partial charge in [-0.3, -0.25) is 0 Å². The predicted molar refractivity (Wildman–Crippen MR) is 49.9 cm³/mol. The molecule has 1 atom stereocenters. The van der Waals surface area contributed by atoms with Crippen LogP contribution in [0.2, 0.25) is 0 Å². The Balaban J connectivity index is 2.39. The zero-order valence-corrected chi connectivity index (χ0v) is 7.29. The first kappa shape index (κ1) is 8.77. The molecule has 0 saturated carbocycles. The Hall–Kier alpha value is -1.81. The summed E-state index contributed by atoms with van der Waals surface area (Å²) in [6.45, 7) is 0. The number of aliphatic hydroxyl groups is 1. The van der Waals surface area contributed by atoms with E-state index in [4.69, 9.17) is 5.11 Å². The Morgan fingerprint density at radius 3 is 2.86 bits per heavy atom. The van der Waals surface area contributed by atoms with Gasteiger partial charge in [0.05, 0.1) is 5.57 Å². The number of fused-ring (bicyclic) bond motifs is 1. The third kappa shape index (κ3) is 1.25. The van der Waals surface area contributed by atoms with E-state index in [0.717, 1.165) is 5.70 Å². The second kappa shape index (κ2) is 3.16. The number of nitrogens with zero attached hydrogens (tertiary/aromatic N) is 1. The highest BCUT2D eigenvalue weighted by molar-refractivity contribution is 5.88. The molecule has 2 heterocycles. The van der Waals surface area contributed by atoms with Gasteiger partial charge in [0.1, 0.15) is 0 Å². The van der Waals surface area contributed by atoms with Crippen molar-refractivity contribution in [3.8, 4) is 0 Å². The average molecular weight is 191 g/mol. The van der Waals surface area contributed by atoms with Gasteiger partial charge in [0, 0.05) is 11.9 Å². The highest BCUT2D eigenvalue weighted by Gasteiger charge is 2.27. The monoisotopic (exact) mass is 191 g/mol. The number of carboxylic acids is 1. The first-order valence-electron chi connectivity index (χ1n) is 4.16. The molecule has 0 saturated heterocycles. The first-order chi connectivity index (χ1) is 6.70. The normalized spacial score (nSPS) is 24.1. The van der Waals surface area contributed by atoms with Crippen LogP contribution in [-0.4, -0.2) is 27.3 Å². The van der Waals surface area contributed by atoms with Crippen molar-refractivity contribution in [3.63, 3.8) is 0 Å². The second-order valence-electron chi connectivity index (χ2n) is 3.00. The SMILES string of the molecule is O=C(O)C1=CC=C2C=CC=CN2C1O. The Labute approximate surface area is 80.8 Å². The van der Waals surface area contributed by atoms with Gasteiger partial charge in [0.15, 0.2) is 6.23 Å². The van der Waals surface area contributed by atoms with E-state index in [2.05, 4.69) is 0 Å². The Kier molecular flexibility index (Phi) is 1.98. The van der Waals surface area contributed by atoms with E-state index < -0.39 is 12.2 Å². The number of carboxylic acid groups (broad SMARTS) is 1. The van der Waals surface area contributed by atoms with Crippen LogP contribution in [0.4, 0.5) is 0 Å². The summed E-state index contributed by atoms with van der Waals surface area (Å²) in [6.07, 6.45) is 9.00. The molecule has 2 aliphatic heterocycles. The molecule has 2 aliphatic rings. The fraction of sp³-hybridized carbons (Fsp3) is 0.100. The minimum absolute atomic E-state index is 0.0197. The van der Waals surface area contributed by atoms with Crippen LogP contribution in [0.5, 0.6) is 0 Å². The van der Waals surface area contributed by atoms with Crippen molar-refractivity contribution in [2.24, 2.45) is 0 Å². The molecule has 0 spiro atoms. The molecule has 0 aromatic carbocycles. The molecule has 0 aromatic rings. The summed E-state index contributed by atoms with van der Waals surface area (Å²) < 4.78 is 0. The maximum absolute atomic E-state index is 10.7. The van der Waals surface area contributed by atoms with Crippen molar-refractivity contribution in [1.29, 1.82) is 0 Å². The molecule has 0 fully saturated rings. The molecule has 72 valence electrons. The Morgan fingerprint density at radius 1 is 1.36 bits per heavy atom. The highest BCUT2D eigenvalue weighted by Crippen LogP contribution is 2.23. The predicted octanol–water partition coefficient (Wildman–Crippen LogP) is 0.599. The topological polar surface area (TPSA) is 60.8 Å². The smallest absolute Gasteiger partial charge is 0.336 e. The van der Waals surface area contributed by atoms with E-state index in [-0.39, 0.29) is 5.57 Å². The van der Waals surface area contributed by atoms with Crippen LogP contribution < -0.4 is 0 Å². The second-order valence-corrected chi connectivity index (χ2v) is 3.00. The molecule has 0 bridgehead atoms. The lowest BCUT2D eigenvalue weighted by molar-refractivity contribution is -0.134. The van der Waals surface area contributed by atoms with Gasteiger partial charge in [0.25, 0.3) is 0 Å². The van der Waals surface area contributed by atoms with Crippen LogP contribution in [0.3, 0.4) is 0 Å². The van der Waals surface area contributed by atoms with E-state index in [9.17, 15) is 9.90 Å². The van der Waals surface area contributed by atoms with Crippen molar-refractivity contribution >= 4 is 5.97 Å². The number of hydrogen-bond donors (Lipinski definition) is 2. The summed E-state index contributed by atoms with van der Waals surface area (Å²) in [5.41, 5.74) is 0.763. The van der Waals surface area contributed by atoms with Crippen LogP contribution in [0.15, 0.2) is 47.9 Å². The quantitative estimate of drug-likeness (QED) is 0.637. The molecule has 1 unspecified atom stereocenters. The van der Waals surface area contributed by atoms with Crippen LogP contribution in [0.25, 0.3) is 0 Å². The van der Waals surface area contributed by atoms with Gasteiger partial charge in [-0.05, 0) is 24.3 Å². The third-order valence-electron chi connectivity index (χ3n) is 2.15. The van der Waals surface area contributed by atoms with Crippen LogP contribution in [0, 0.1) is 0 Å². The van der Waals surface area contributed by atoms with Crippen LogP contribution in [0.1, 0.15) is 0 Å². The number of allylic oxidation sites excluding steroid dienone is 5. The molecule has 2 N–H and O–H groups in total. The first-order valence-corrected chi connectivity index (χ1v) is 4.16. The average Bonchev–Trinajstić information content (AvgIpc) is 2.18. The van der Waals surface area contributed by atoms with E-state index in [1.165, 1.54) is 11.0 Å². The number of aliphatic hydroxyl groups excluding tert-OH is 1. The lowest BCUT2D eigenvalue weighted by Crippen LogP contribution is -2.36. The fourth-order valence-electron chi connectivity index (χ4n) is 1.43. The van der Waals surface area contributed by atoms with Crippen molar-refractivity contribution in [2.45, 2.75) is 6.23 Å². The Morgan fingerprint density at radius 2 is 2.14 bits per heavy atom. The van der Waals surface area contributed by atoms with E-state index in [1.54, 1.807) is 24.4 Å². The minimum atomic E-state index is -1.10. The molecule has 4 heteroatoms. The molecule has 4 nitrogen and oxygen atoms in total. The zero-order chi connectivity index (χ0) is 10.1. The van der Waals surface area contributed by atoms with Gasteiger partial charge in [-0.2, -0.15) is 0 Å². The number of aliphatic carboxylic acids is 1. The summed E-state index contributed by atoms with van der Waals surface area (Å²) in [4.78, 5) is 12.2. The zero-order valence-electron chi connectivity index (χ0n) is 7.29. The Bertz CT molecular complexity index is 390. The van der Waals surface area contributed by atoms with E-state index >= 15 is 0 Å². The largest absolute Gasteiger partial charge is 0.478 e. The lowest BCUT2D eigenvalue weighted by atomic mass is 10.1. The molecule has 0 aliphatic carbocycles. The molecular formula is C10H9NO3. The summed E-state index contributed by atoms with van der Waals surface area (Å²) >= 11 is 0. The van der Waals surface area contributed by atoms with Crippen LogP contribution >= 0.6 is 0 Å². The van der Waals surface area contributed by atoms with Crippen LogP contribution in [-0.2, 0) is 4.79 Å². The van der Waals surface area contributed by atoms with Gasteiger partial charge in [-0.15, -0.1) is 0 Å². The molecule has 0 amide bonds. The van der Waals surface area contributed by atoms with E-state index in [1.807, 2.05) is 6.08 Å². The third-order valence-corrected chi connectivity index (χ3v) is 2.15. The lowest BCUT2D eigenvalue weighted by Gasteiger charge is -2.31. The minimum Gasteiger partial charge on any atom is -0.478 e. The molecular weight excluding hydrogens is 182 g/mol. The summed E-state index contributed by atoms with van der Waals surface area (Å²) in [6, 6.07) is 0. The number of rotatable bonds is 1. The van der Waals surface area contributed by atoms with Gasteiger partial charge >= 0.3 is 5.97 Å². The van der Waals surface area contributed by atoms with E-state index in [0.29, 0.717) is 0 Å².